The summed E-state index contributed by atoms with van der Waals surface area (Å²) in [6, 6.07) is 17.1. The fraction of sp³-hybridized carbons (Fsp3) is 0.200. The number of halogens is 1. The Hall–Kier alpha value is -1.47. The number of rotatable bonds is 2. The molecule has 0 aliphatic carbocycles. The van der Waals surface area contributed by atoms with Crippen molar-refractivity contribution in [3.8, 4) is 0 Å². The number of hydrogen-bond donors (Lipinski definition) is 0. The molecule has 0 bridgehead atoms. The van der Waals surface area contributed by atoms with Gasteiger partial charge in [-0.2, -0.15) is 0 Å². The van der Waals surface area contributed by atoms with Gasteiger partial charge < -0.3 is 4.90 Å². The average Bonchev–Trinajstić information content (AvgIpc) is 2.83. The first-order valence-corrected chi connectivity index (χ1v) is 6.42. The molecule has 1 nitrogen and oxygen atoms in total. The van der Waals surface area contributed by atoms with E-state index in [-0.39, 0.29) is 0 Å². The molecule has 0 amide bonds. The van der Waals surface area contributed by atoms with Crippen molar-refractivity contribution in [2.75, 3.05) is 11.4 Å². The lowest BCUT2D eigenvalue weighted by Crippen LogP contribution is -2.12. The zero-order valence-corrected chi connectivity index (χ0v) is 10.3. The van der Waals surface area contributed by atoms with E-state index in [1.165, 1.54) is 22.5 Å². The van der Waals surface area contributed by atoms with Crippen molar-refractivity contribution in [2.24, 2.45) is 0 Å². The topological polar surface area (TPSA) is 3.24 Å². The van der Waals surface area contributed by atoms with E-state index in [9.17, 15) is 0 Å². The number of fused-ring (bicyclic) bond motifs is 1. The van der Waals surface area contributed by atoms with E-state index in [1.54, 1.807) is 0 Å². The molecular formula is C15H14ClN. The first kappa shape index (κ1) is 10.7. The van der Waals surface area contributed by atoms with E-state index in [4.69, 9.17) is 11.6 Å². The van der Waals surface area contributed by atoms with E-state index in [2.05, 4.69) is 53.4 Å². The third-order valence-electron chi connectivity index (χ3n) is 3.29. The monoisotopic (exact) mass is 243 g/mol. The molecule has 86 valence electrons. The van der Waals surface area contributed by atoms with Gasteiger partial charge in [-0.25, -0.2) is 0 Å². The molecule has 0 fully saturated rings. The molecule has 17 heavy (non-hydrogen) atoms. The van der Waals surface area contributed by atoms with Crippen LogP contribution in [0.2, 0.25) is 0 Å². The Morgan fingerprint density at radius 2 is 1.76 bits per heavy atom. The third-order valence-corrected chi connectivity index (χ3v) is 3.60. The van der Waals surface area contributed by atoms with Crippen molar-refractivity contribution < 1.29 is 0 Å². The largest absolute Gasteiger partial charge is 0.341 e. The van der Waals surface area contributed by atoms with E-state index < -0.39 is 0 Å². The predicted octanol–water partition coefficient (Wildman–Crippen LogP) is 4.12. The SMILES string of the molecule is ClCc1ccc(N2CCc3ccccc32)cc1. The lowest BCUT2D eigenvalue weighted by molar-refractivity contribution is 0.998. The van der Waals surface area contributed by atoms with Gasteiger partial charge in [0, 0.05) is 23.8 Å². The van der Waals surface area contributed by atoms with Gasteiger partial charge in [-0.3, -0.25) is 0 Å². The maximum atomic E-state index is 5.81. The van der Waals surface area contributed by atoms with Crippen molar-refractivity contribution in [3.63, 3.8) is 0 Å². The highest BCUT2D eigenvalue weighted by Gasteiger charge is 2.19. The predicted molar refractivity (Wildman–Crippen MR) is 73.2 cm³/mol. The van der Waals surface area contributed by atoms with Crippen molar-refractivity contribution in [1.82, 2.24) is 0 Å². The Labute approximate surface area is 107 Å². The highest BCUT2D eigenvalue weighted by molar-refractivity contribution is 6.17. The summed E-state index contributed by atoms with van der Waals surface area (Å²) >= 11 is 5.81. The fourth-order valence-electron chi connectivity index (χ4n) is 2.37. The standard InChI is InChI=1S/C15H14ClN/c16-11-12-5-7-14(8-6-12)17-10-9-13-3-1-2-4-15(13)17/h1-8H,9-11H2. The molecule has 1 aliphatic rings. The number of para-hydroxylation sites is 1. The second-order valence-corrected chi connectivity index (χ2v) is 4.60. The molecule has 0 spiro atoms. The molecule has 0 N–H and O–H groups in total. The van der Waals surface area contributed by atoms with Crippen LogP contribution in [0.1, 0.15) is 11.1 Å². The second-order valence-electron chi connectivity index (χ2n) is 4.33. The maximum Gasteiger partial charge on any atom is 0.0474 e. The molecule has 0 radical (unpaired) electrons. The summed E-state index contributed by atoms with van der Waals surface area (Å²) in [5.74, 6) is 0.580. The Bertz CT molecular complexity index is 519. The molecule has 1 aliphatic heterocycles. The molecule has 0 saturated carbocycles. The number of benzene rings is 2. The van der Waals surface area contributed by atoms with Crippen LogP contribution in [-0.4, -0.2) is 6.54 Å². The summed E-state index contributed by atoms with van der Waals surface area (Å²) in [6.07, 6.45) is 1.13. The number of alkyl halides is 1. The zero-order valence-electron chi connectivity index (χ0n) is 9.57. The van der Waals surface area contributed by atoms with Crippen LogP contribution in [0.4, 0.5) is 11.4 Å². The minimum absolute atomic E-state index is 0.580. The molecule has 0 unspecified atom stereocenters. The third kappa shape index (κ3) is 1.91. The summed E-state index contributed by atoms with van der Waals surface area (Å²) in [5, 5.41) is 0. The number of hydrogen-bond acceptors (Lipinski definition) is 1. The van der Waals surface area contributed by atoms with Crippen LogP contribution in [0.5, 0.6) is 0 Å². The van der Waals surface area contributed by atoms with Crippen molar-refractivity contribution in [2.45, 2.75) is 12.3 Å². The zero-order chi connectivity index (χ0) is 11.7. The first-order valence-electron chi connectivity index (χ1n) is 5.89. The Balaban J connectivity index is 1.95. The van der Waals surface area contributed by atoms with Gasteiger partial charge >= 0.3 is 0 Å². The summed E-state index contributed by atoms with van der Waals surface area (Å²) in [5.41, 5.74) is 5.20. The van der Waals surface area contributed by atoms with Gasteiger partial charge in [0.15, 0.2) is 0 Å². The lowest BCUT2D eigenvalue weighted by atomic mass is 10.1. The van der Waals surface area contributed by atoms with Gasteiger partial charge in [0.05, 0.1) is 0 Å². The Morgan fingerprint density at radius 3 is 2.53 bits per heavy atom. The molecule has 1 heterocycles. The maximum absolute atomic E-state index is 5.81. The van der Waals surface area contributed by atoms with E-state index >= 15 is 0 Å². The Kier molecular flexibility index (Phi) is 2.77. The van der Waals surface area contributed by atoms with E-state index in [0.29, 0.717) is 5.88 Å². The summed E-state index contributed by atoms with van der Waals surface area (Å²) < 4.78 is 0. The summed E-state index contributed by atoms with van der Waals surface area (Å²) in [7, 11) is 0. The molecule has 2 heteroatoms. The second kappa shape index (κ2) is 4.42. The molecule has 0 saturated heterocycles. The van der Waals surface area contributed by atoms with E-state index in [1.807, 2.05) is 0 Å². The molecular weight excluding hydrogens is 230 g/mol. The van der Waals surface area contributed by atoms with Crippen molar-refractivity contribution >= 4 is 23.0 Å². The van der Waals surface area contributed by atoms with Crippen LogP contribution in [0.3, 0.4) is 0 Å². The minimum Gasteiger partial charge on any atom is -0.341 e. The minimum atomic E-state index is 0.580. The van der Waals surface area contributed by atoms with Gasteiger partial charge in [0.2, 0.25) is 0 Å². The van der Waals surface area contributed by atoms with Crippen LogP contribution in [-0.2, 0) is 12.3 Å². The smallest absolute Gasteiger partial charge is 0.0474 e. The summed E-state index contributed by atoms with van der Waals surface area (Å²) in [4.78, 5) is 2.37. The van der Waals surface area contributed by atoms with Gasteiger partial charge in [0.1, 0.15) is 0 Å². The quantitative estimate of drug-likeness (QED) is 0.718. The van der Waals surface area contributed by atoms with Crippen LogP contribution in [0.25, 0.3) is 0 Å². The molecule has 0 atom stereocenters. The highest BCUT2D eigenvalue weighted by atomic mass is 35.5. The molecule has 2 aromatic carbocycles. The van der Waals surface area contributed by atoms with Gasteiger partial charge in [-0.15, -0.1) is 11.6 Å². The molecule has 3 rings (SSSR count). The lowest BCUT2D eigenvalue weighted by Gasteiger charge is -2.19. The normalized spacial score (nSPS) is 13.8. The first-order chi connectivity index (χ1) is 8.38. The van der Waals surface area contributed by atoms with Crippen molar-refractivity contribution in [3.05, 3.63) is 59.7 Å². The highest BCUT2D eigenvalue weighted by Crippen LogP contribution is 2.34. The van der Waals surface area contributed by atoms with Crippen LogP contribution in [0.15, 0.2) is 48.5 Å². The van der Waals surface area contributed by atoms with Gasteiger partial charge in [-0.05, 0) is 35.7 Å². The van der Waals surface area contributed by atoms with Gasteiger partial charge in [-0.1, -0.05) is 30.3 Å². The van der Waals surface area contributed by atoms with Crippen molar-refractivity contribution in [1.29, 1.82) is 0 Å². The average molecular weight is 244 g/mol. The molecule has 0 aromatic heterocycles. The van der Waals surface area contributed by atoms with Gasteiger partial charge in [0.25, 0.3) is 0 Å². The van der Waals surface area contributed by atoms with E-state index in [0.717, 1.165) is 13.0 Å². The number of anilines is 2. The van der Waals surface area contributed by atoms with Crippen LogP contribution >= 0.6 is 11.6 Å². The molecule has 2 aromatic rings. The fourth-order valence-corrected chi connectivity index (χ4v) is 2.55. The van der Waals surface area contributed by atoms with Crippen LogP contribution < -0.4 is 4.90 Å². The Morgan fingerprint density at radius 1 is 1.00 bits per heavy atom. The van der Waals surface area contributed by atoms with Crippen LogP contribution in [0, 0.1) is 0 Å². The summed E-state index contributed by atoms with van der Waals surface area (Å²) in [6.45, 7) is 1.07. The number of nitrogens with zero attached hydrogens (tertiary/aromatic N) is 1.